The summed E-state index contributed by atoms with van der Waals surface area (Å²) in [4.78, 5) is 2.40. The maximum Gasteiger partial charge on any atom is 0.117 e. The average Bonchev–Trinajstić information content (AvgIpc) is 2.79. The van der Waals surface area contributed by atoms with Gasteiger partial charge in [-0.25, -0.2) is 0 Å². The molecule has 3 nitrogen and oxygen atoms in total. The molecule has 0 aromatic carbocycles. The summed E-state index contributed by atoms with van der Waals surface area (Å²) in [6.45, 7) is 3.97. The van der Waals surface area contributed by atoms with Crippen LogP contribution in [0.2, 0.25) is 0 Å². The molecule has 1 aromatic heterocycles. The van der Waals surface area contributed by atoms with Crippen LogP contribution in [0.3, 0.4) is 0 Å². The quantitative estimate of drug-likeness (QED) is 0.762. The van der Waals surface area contributed by atoms with E-state index >= 15 is 0 Å². The highest BCUT2D eigenvalue weighted by Crippen LogP contribution is 2.28. The van der Waals surface area contributed by atoms with Crippen LogP contribution in [-0.2, 0) is 6.54 Å². The Bertz CT molecular complexity index is 380. The first kappa shape index (κ1) is 13.2. The van der Waals surface area contributed by atoms with Crippen molar-refractivity contribution >= 4 is 0 Å². The lowest BCUT2D eigenvalue weighted by molar-refractivity contribution is 0.143. The Balaban J connectivity index is 2.06. The van der Waals surface area contributed by atoms with Crippen LogP contribution in [0.5, 0.6) is 0 Å². The fraction of sp³-hybridized carbons (Fsp3) is 0.667. The number of rotatable bonds is 4. The molecular formula is C15H22N2O. The van der Waals surface area contributed by atoms with E-state index in [2.05, 4.69) is 17.9 Å². The van der Waals surface area contributed by atoms with Gasteiger partial charge in [0.05, 0.1) is 24.8 Å². The minimum atomic E-state index is 0.183. The third kappa shape index (κ3) is 3.14. The zero-order valence-corrected chi connectivity index (χ0v) is 11.1. The summed E-state index contributed by atoms with van der Waals surface area (Å²) in [5.74, 6) is 1.18. The Hall–Kier alpha value is -1.27. The lowest BCUT2D eigenvalue weighted by atomic mass is 9.94. The van der Waals surface area contributed by atoms with Crippen LogP contribution >= 0.6 is 0 Å². The van der Waals surface area contributed by atoms with E-state index in [-0.39, 0.29) is 5.92 Å². The molecule has 1 aromatic rings. The van der Waals surface area contributed by atoms with Gasteiger partial charge in [0.25, 0.3) is 0 Å². The molecule has 2 rings (SSSR count). The molecule has 0 bridgehead atoms. The second-order valence-electron chi connectivity index (χ2n) is 5.08. The summed E-state index contributed by atoms with van der Waals surface area (Å²) in [5, 5.41) is 9.36. The smallest absolute Gasteiger partial charge is 0.117 e. The summed E-state index contributed by atoms with van der Waals surface area (Å²) in [6.07, 6.45) is 7.64. The molecular weight excluding hydrogens is 224 g/mol. The normalized spacial score (nSPS) is 24.7. The van der Waals surface area contributed by atoms with E-state index in [1.165, 1.54) is 19.3 Å². The van der Waals surface area contributed by atoms with Crippen molar-refractivity contribution in [2.45, 2.75) is 51.6 Å². The molecule has 1 aliphatic rings. The summed E-state index contributed by atoms with van der Waals surface area (Å²) in [5.41, 5.74) is 0. The molecule has 1 saturated carbocycles. The first-order chi connectivity index (χ1) is 8.85. The van der Waals surface area contributed by atoms with Gasteiger partial charge in [0.2, 0.25) is 0 Å². The minimum Gasteiger partial charge on any atom is -0.468 e. The summed E-state index contributed by atoms with van der Waals surface area (Å²) in [6, 6.07) is 6.86. The predicted molar refractivity (Wildman–Crippen MR) is 70.8 cm³/mol. The van der Waals surface area contributed by atoms with Crippen molar-refractivity contribution in [3.05, 3.63) is 24.2 Å². The third-order valence-corrected chi connectivity index (χ3v) is 3.96. The number of furan rings is 1. The fourth-order valence-corrected chi connectivity index (χ4v) is 2.94. The molecule has 0 saturated heterocycles. The zero-order valence-electron chi connectivity index (χ0n) is 11.1. The number of hydrogen-bond donors (Lipinski definition) is 0. The predicted octanol–water partition coefficient (Wildman–Crippen LogP) is 3.57. The van der Waals surface area contributed by atoms with E-state index in [4.69, 9.17) is 4.42 Å². The number of nitriles is 1. The minimum absolute atomic E-state index is 0.183. The number of nitrogens with zero attached hydrogens (tertiary/aromatic N) is 2. The highest BCUT2D eigenvalue weighted by Gasteiger charge is 2.28. The Morgan fingerprint density at radius 2 is 2.22 bits per heavy atom. The molecule has 0 radical (unpaired) electrons. The first-order valence-electron chi connectivity index (χ1n) is 7.01. The van der Waals surface area contributed by atoms with E-state index in [1.54, 1.807) is 6.26 Å². The Labute approximate surface area is 109 Å². The van der Waals surface area contributed by atoms with E-state index < -0.39 is 0 Å². The van der Waals surface area contributed by atoms with Gasteiger partial charge >= 0.3 is 0 Å². The number of hydrogen-bond acceptors (Lipinski definition) is 3. The summed E-state index contributed by atoms with van der Waals surface area (Å²) in [7, 11) is 0. The maximum absolute atomic E-state index is 9.36. The largest absolute Gasteiger partial charge is 0.468 e. The molecule has 1 heterocycles. The molecule has 0 amide bonds. The summed E-state index contributed by atoms with van der Waals surface area (Å²) < 4.78 is 5.43. The van der Waals surface area contributed by atoms with E-state index in [1.807, 2.05) is 12.1 Å². The monoisotopic (exact) mass is 246 g/mol. The van der Waals surface area contributed by atoms with Crippen LogP contribution in [0.25, 0.3) is 0 Å². The van der Waals surface area contributed by atoms with Gasteiger partial charge in [-0.2, -0.15) is 5.26 Å². The molecule has 0 N–H and O–H groups in total. The third-order valence-electron chi connectivity index (χ3n) is 3.96. The molecule has 3 heteroatoms. The van der Waals surface area contributed by atoms with Gasteiger partial charge in [0, 0.05) is 6.04 Å². The van der Waals surface area contributed by atoms with Crippen LogP contribution in [0, 0.1) is 17.2 Å². The Morgan fingerprint density at radius 3 is 2.89 bits per heavy atom. The van der Waals surface area contributed by atoms with Gasteiger partial charge in [-0.1, -0.05) is 26.2 Å². The second kappa shape index (κ2) is 6.61. The highest BCUT2D eigenvalue weighted by molar-refractivity contribution is 5.00. The summed E-state index contributed by atoms with van der Waals surface area (Å²) >= 11 is 0. The molecule has 0 spiro atoms. The van der Waals surface area contributed by atoms with Gasteiger partial charge in [0.1, 0.15) is 5.76 Å². The Morgan fingerprint density at radius 1 is 1.39 bits per heavy atom. The van der Waals surface area contributed by atoms with Crippen molar-refractivity contribution in [1.29, 1.82) is 5.26 Å². The van der Waals surface area contributed by atoms with E-state index in [0.717, 1.165) is 31.7 Å². The zero-order chi connectivity index (χ0) is 12.8. The van der Waals surface area contributed by atoms with Gasteiger partial charge in [0.15, 0.2) is 0 Å². The van der Waals surface area contributed by atoms with E-state index in [9.17, 15) is 5.26 Å². The van der Waals surface area contributed by atoms with Crippen LogP contribution in [-0.4, -0.2) is 17.5 Å². The average molecular weight is 246 g/mol. The van der Waals surface area contributed by atoms with Crippen molar-refractivity contribution in [3.8, 4) is 6.07 Å². The molecule has 2 atom stereocenters. The van der Waals surface area contributed by atoms with Gasteiger partial charge in [-0.3, -0.25) is 4.90 Å². The van der Waals surface area contributed by atoms with Gasteiger partial charge < -0.3 is 4.42 Å². The molecule has 1 aliphatic carbocycles. The fourth-order valence-electron chi connectivity index (χ4n) is 2.94. The molecule has 18 heavy (non-hydrogen) atoms. The first-order valence-corrected chi connectivity index (χ1v) is 7.01. The van der Waals surface area contributed by atoms with Gasteiger partial charge in [-0.15, -0.1) is 0 Å². The van der Waals surface area contributed by atoms with Crippen molar-refractivity contribution in [2.75, 3.05) is 6.54 Å². The highest BCUT2D eigenvalue weighted by atomic mass is 16.3. The standard InChI is InChI=1S/C15H22N2O/c1-2-17(12-14-8-6-10-18-14)15-9-5-3-4-7-13(15)11-16/h6,8,10,13,15H,2-5,7,9,12H2,1H3. The second-order valence-corrected chi connectivity index (χ2v) is 5.08. The van der Waals surface area contributed by atoms with Crippen molar-refractivity contribution in [2.24, 2.45) is 5.92 Å². The van der Waals surface area contributed by atoms with Crippen molar-refractivity contribution in [3.63, 3.8) is 0 Å². The lowest BCUT2D eigenvalue weighted by Crippen LogP contribution is -2.39. The molecule has 1 fully saturated rings. The van der Waals surface area contributed by atoms with Crippen LogP contribution in [0.4, 0.5) is 0 Å². The van der Waals surface area contributed by atoms with Gasteiger partial charge in [-0.05, 0) is 31.5 Å². The van der Waals surface area contributed by atoms with Crippen LogP contribution in [0.15, 0.2) is 22.8 Å². The SMILES string of the molecule is CCN(Cc1ccco1)C1CCCCCC1C#N. The lowest BCUT2D eigenvalue weighted by Gasteiger charge is -2.32. The van der Waals surface area contributed by atoms with Crippen molar-refractivity contribution in [1.82, 2.24) is 4.90 Å². The molecule has 98 valence electrons. The van der Waals surface area contributed by atoms with Crippen molar-refractivity contribution < 1.29 is 4.42 Å². The van der Waals surface area contributed by atoms with E-state index in [0.29, 0.717) is 6.04 Å². The van der Waals surface area contributed by atoms with Crippen LogP contribution in [0.1, 0.15) is 44.8 Å². The molecule has 0 aliphatic heterocycles. The molecule has 2 unspecified atom stereocenters. The Kier molecular flexibility index (Phi) is 4.83. The van der Waals surface area contributed by atoms with Crippen LogP contribution < -0.4 is 0 Å². The topological polar surface area (TPSA) is 40.2 Å². The maximum atomic E-state index is 9.36.